The zero-order chi connectivity index (χ0) is 20.0. The summed E-state index contributed by atoms with van der Waals surface area (Å²) < 4.78 is 16.4. The van der Waals surface area contributed by atoms with E-state index in [2.05, 4.69) is 0 Å². The van der Waals surface area contributed by atoms with Gasteiger partial charge in [0.2, 0.25) is 0 Å². The average Bonchev–Trinajstić information content (AvgIpc) is 3.49. The van der Waals surface area contributed by atoms with Crippen LogP contribution in [-0.4, -0.2) is 17.6 Å². The Hall–Kier alpha value is -3.32. The number of hydrogen-bond acceptors (Lipinski definition) is 7. The SMILES string of the molecule is CCOC(=O)c1sc2nc3c(c(-c4ccco4)c2c1N)CC/C3=C/c1ccco1. The fourth-order valence-corrected chi connectivity index (χ4v) is 4.80. The summed E-state index contributed by atoms with van der Waals surface area (Å²) >= 11 is 1.26. The number of nitrogen functional groups attached to an aromatic ring is 1. The zero-order valence-electron chi connectivity index (χ0n) is 15.7. The molecule has 6 nitrogen and oxygen atoms in total. The highest BCUT2D eigenvalue weighted by atomic mass is 32.1. The van der Waals surface area contributed by atoms with E-state index in [9.17, 15) is 4.79 Å². The third kappa shape index (κ3) is 2.86. The molecule has 4 heterocycles. The first-order chi connectivity index (χ1) is 14.2. The molecule has 0 spiro atoms. The maximum absolute atomic E-state index is 12.4. The molecule has 1 aliphatic carbocycles. The second kappa shape index (κ2) is 6.93. The molecule has 4 aromatic rings. The van der Waals surface area contributed by atoms with E-state index in [0.717, 1.165) is 46.4 Å². The fraction of sp³-hybridized carbons (Fsp3) is 0.182. The summed E-state index contributed by atoms with van der Waals surface area (Å²) in [6.45, 7) is 2.06. The van der Waals surface area contributed by atoms with Gasteiger partial charge in [-0.3, -0.25) is 0 Å². The Labute approximate surface area is 170 Å². The van der Waals surface area contributed by atoms with Gasteiger partial charge in [0, 0.05) is 10.9 Å². The van der Waals surface area contributed by atoms with Gasteiger partial charge < -0.3 is 19.3 Å². The van der Waals surface area contributed by atoms with E-state index in [1.807, 2.05) is 30.3 Å². The van der Waals surface area contributed by atoms with Crippen molar-refractivity contribution in [3.63, 3.8) is 0 Å². The number of esters is 1. The van der Waals surface area contributed by atoms with Crippen LogP contribution >= 0.6 is 11.3 Å². The van der Waals surface area contributed by atoms with Gasteiger partial charge in [-0.1, -0.05) is 0 Å². The van der Waals surface area contributed by atoms with E-state index in [1.54, 1.807) is 19.5 Å². The zero-order valence-corrected chi connectivity index (χ0v) is 16.5. The van der Waals surface area contributed by atoms with E-state index in [4.69, 9.17) is 24.3 Å². The first-order valence-corrected chi connectivity index (χ1v) is 10.2. The van der Waals surface area contributed by atoms with Gasteiger partial charge in [0.1, 0.15) is 21.2 Å². The summed E-state index contributed by atoms with van der Waals surface area (Å²) in [5.41, 5.74) is 10.8. The number of nitrogens with two attached hydrogens (primary N) is 1. The van der Waals surface area contributed by atoms with Crippen molar-refractivity contribution in [2.75, 3.05) is 12.3 Å². The van der Waals surface area contributed by atoms with Crippen LogP contribution in [0.4, 0.5) is 5.69 Å². The van der Waals surface area contributed by atoms with Gasteiger partial charge in [-0.25, -0.2) is 9.78 Å². The normalized spacial score (nSPS) is 14.6. The maximum Gasteiger partial charge on any atom is 0.350 e. The molecular weight excluding hydrogens is 388 g/mol. The Morgan fingerprint density at radius 3 is 2.83 bits per heavy atom. The van der Waals surface area contributed by atoms with Crippen LogP contribution in [0.25, 0.3) is 33.2 Å². The summed E-state index contributed by atoms with van der Waals surface area (Å²) in [7, 11) is 0. The van der Waals surface area contributed by atoms with Gasteiger partial charge in [-0.15, -0.1) is 11.3 Å². The number of carbonyl (C=O) groups is 1. The van der Waals surface area contributed by atoms with E-state index >= 15 is 0 Å². The predicted molar refractivity (Wildman–Crippen MR) is 113 cm³/mol. The number of carbonyl (C=O) groups excluding carboxylic acids is 1. The van der Waals surface area contributed by atoms with Crippen molar-refractivity contribution < 1.29 is 18.4 Å². The van der Waals surface area contributed by atoms with Crippen LogP contribution < -0.4 is 5.73 Å². The summed E-state index contributed by atoms with van der Waals surface area (Å²) in [4.78, 5) is 18.4. The highest BCUT2D eigenvalue weighted by molar-refractivity contribution is 7.21. The van der Waals surface area contributed by atoms with Gasteiger partial charge in [0.05, 0.1) is 30.5 Å². The Kier molecular flexibility index (Phi) is 4.24. The van der Waals surface area contributed by atoms with Crippen molar-refractivity contribution in [2.24, 2.45) is 0 Å². The largest absolute Gasteiger partial charge is 0.465 e. The molecule has 0 saturated heterocycles. The summed E-state index contributed by atoms with van der Waals surface area (Å²) in [5, 5.41) is 0.756. The number of pyridine rings is 1. The molecule has 0 unspecified atom stereocenters. The van der Waals surface area contributed by atoms with Gasteiger partial charge in [-0.2, -0.15) is 0 Å². The summed E-state index contributed by atoms with van der Waals surface area (Å²) in [6.07, 6.45) is 6.96. The summed E-state index contributed by atoms with van der Waals surface area (Å²) in [5.74, 6) is 1.07. The van der Waals surface area contributed by atoms with Gasteiger partial charge >= 0.3 is 5.97 Å². The van der Waals surface area contributed by atoms with Crippen LogP contribution in [0, 0.1) is 0 Å². The minimum absolute atomic E-state index is 0.289. The number of allylic oxidation sites excluding steroid dienone is 1. The van der Waals surface area contributed by atoms with Gasteiger partial charge in [0.25, 0.3) is 0 Å². The lowest BCUT2D eigenvalue weighted by Crippen LogP contribution is -2.05. The molecule has 29 heavy (non-hydrogen) atoms. The second-order valence-electron chi connectivity index (χ2n) is 6.72. The Balaban J connectivity index is 1.78. The number of rotatable bonds is 4. The molecule has 4 aromatic heterocycles. The lowest BCUT2D eigenvalue weighted by atomic mass is 10.0. The van der Waals surface area contributed by atoms with Crippen molar-refractivity contribution in [1.29, 1.82) is 0 Å². The molecule has 0 radical (unpaired) electrons. The minimum atomic E-state index is -0.426. The molecule has 1 aliphatic rings. The fourth-order valence-electron chi connectivity index (χ4n) is 3.80. The first-order valence-electron chi connectivity index (χ1n) is 9.37. The summed E-state index contributed by atoms with van der Waals surface area (Å²) in [6, 6.07) is 7.53. The molecule has 0 atom stereocenters. The molecule has 0 fully saturated rings. The third-order valence-electron chi connectivity index (χ3n) is 5.01. The Morgan fingerprint density at radius 1 is 1.28 bits per heavy atom. The smallest absolute Gasteiger partial charge is 0.350 e. The van der Waals surface area contributed by atoms with Crippen molar-refractivity contribution in [3.8, 4) is 11.3 Å². The van der Waals surface area contributed by atoms with Crippen LogP contribution in [0.1, 0.15) is 40.0 Å². The van der Waals surface area contributed by atoms with Crippen LogP contribution in [0.3, 0.4) is 0 Å². The molecule has 0 amide bonds. The van der Waals surface area contributed by atoms with Crippen molar-refractivity contribution >= 4 is 44.9 Å². The average molecular weight is 406 g/mol. The second-order valence-corrected chi connectivity index (χ2v) is 7.72. The number of aromatic nitrogens is 1. The van der Waals surface area contributed by atoms with Gasteiger partial charge in [-0.05, 0) is 61.2 Å². The molecule has 0 aliphatic heterocycles. The lowest BCUT2D eigenvalue weighted by molar-refractivity contribution is 0.0533. The molecule has 5 rings (SSSR count). The van der Waals surface area contributed by atoms with Crippen molar-refractivity contribution in [3.05, 3.63) is 58.7 Å². The standard InChI is InChI=1S/C22H18N2O4S/c1-2-26-22(25)20-18(23)17-16(15-6-4-10-28-15)14-8-7-12(11-13-5-3-9-27-13)19(14)24-21(17)29-20/h3-6,9-11H,2,7-8,23H2,1H3/b12-11-. The van der Waals surface area contributed by atoms with Crippen LogP contribution in [0.15, 0.2) is 45.6 Å². The highest BCUT2D eigenvalue weighted by Gasteiger charge is 2.30. The maximum atomic E-state index is 12.4. The minimum Gasteiger partial charge on any atom is -0.465 e. The van der Waals surface area contributed by atoms with E-state index < -0.39 is 5.97 Å². The Morgan fingerprint density at radius 2 is 2.10 bits per heavy atom. The molecule has 0 aromatic carbocycles. The van der Waals surface area contributed by atoms with E-state index in [-0.39, 0.29) is 6.61 Å². The monoisotopic (exact) mass is 406 g/mol. The number of ether oxygens (including phenoxy) is 1. The number of thiophene rings is 1. The quantitative estimate of drug-likeness (QED) is 0.457. The molecule has 7 heteroatoms. The van der Waals surface area contributed by atoms with Gasteiger partial charge in [0.15, 0.2) is 0 Å². The Bertz CT molecular complexity index is 1230. The van der Waals surface area contributed by atoms with Crippen LogP contribution in [0.5, 0.6) is 0 Å². The lowest BCUT2D eigenvalue weighted by Gasteiger charge is -2.09. The number of furan rings is 2. The van der Waals surface area contributed by atoms with Crippen molar-refractivity contribution in [1.82, 2.24) is 4.98 Å². The van der Waals surface area contributed by atoms with Crippen molar-refractivity contribution in [2.45, 2.75) is 19.8 Å². The predicted octanol–water partition coefficient (Wildman–Crippen LogP) is 5.40. The number of anilines is 1. The highest BCUT2D eigenvalue weighted by Crippen LogP contribution is 2.47. The third-order valence-corrected chi connectivity index (χ3v) is 6.09. The van der Waals surface area contributed by atoms with Crippen LogP contribution in [0.2, 0.25) is 0 Å². The number of fused-ring (bicyclic) bond motifs is 2. The molecule has 0 saturated carbocycles. The van der Waals surface area contributed by atoms with E-state index in [1.165, 1.54) is 11.3 Å². The number of hydrogen-bond donors (Lipinski definition) is 1. The molecule has 2 N–H and O–H groups in total. The topological polar surface area (TPSA) is 91.5 Å². The molecule has 0 bridgehead atoms. The first kappa shape index (κ1) is 17.8. The van der Waals surface area contributed by atoms with Crippen LogP contribution in [-0.2, 0) is 11.2 Å². The molecule has 146 valence electrons. The van der Waals surface area contributed by atoms with E-state index in [0.29, 0.717) is 21.2 Å². The molecular formula is C22H18N2O4S. The number of nitrogens with zero attached hydrogens (tertiary/aromatic N) is 1.